The minimum absolute atomic E-state index is 0.396. The van der Waals surface area contributed by atoms with Gasteiger partial charge in [-0.3, -0.25) is 4.79 Å². The quantitative estimate of drug-likeness (QED) is 0.705. The smallest absolute Gasteiger partial charge is 0.327 e. The Morgan fingerprint density at radius 1 is 1.75 bits per heavy atom. The fourth-order valence-corrected chi connectivity index (χ4v) is 1.63. The Morgan fingerprint density at radius 2 is 2.42 bits per heavy atom. The van der Waals surface area contributed by atoms with Crippen LogP contribution >= 0.6 is 11.3 Å². The fourth-order valence-electron chi connectivity index (χ4n) is 0.890. The number of ether oxygens (including phenoxy) is 1. The third-order valence-corrected chi connectivity index (χ3v) is 2.44. The van der Waals surface area contributed by atoms with Crippen molar-refractivity contribution in [3.63, 3.8) is 0 Å². The van der Waals surface area contributed by atoms with Crippen LogP contribution in [0.1, 0.15) is 16.5 Å². The van der Waals surface area contributed by atoms with Crippen molar-refractivity contribution in [1.82, 2.24) is 0 Å². The van der Waals surface area contributed by atoms with Crippen molar-refractivity contribution in [3.05, 3.63) is 21.9 Å². The average Bonchev–Trinajstić information content (AvgIpc) is 2.49. The first kappa shape index (κ1) is 9.22. The summed E-state index contributed by atoms with van der Waals surface area (Å²) in [5, 5.41) is 1.87. The number of carbonyl (C=O) groups excluding carboxylic acids is 1. The standard InChI is InChI=1S/C8H11NO2S/c1-5-3-6(4-12-5)7(9)8(10)11-2/h3-4,7H,9H2,1-2H3. The number of aryl methyl sites for hydroxylation is 1. The summed E-state index contributed by atoms with van der Waals surface area (Å²) in [5.41, 5.74) is 6.42. The molecule has 1 aromatic heterocycles. The molecule has 0 aliphatic carbocycles. The second kappa shape index (κ2) is 3.69. The van der Waals surface area contributed by atoms with E-state index in [2.05, 4.69) is 4.74 Å². The van der Waals surface area contributed by atoms with E-state index >= 15 is 0 Å². The Hall–Kier alpha value is -0.870. The predicted octanol–water partition coefficient (Wildman–Crippen LogP) is 1.23. The van der Waals surface area contributed by atoms with Crippen LogP contribution in [0.3, 0.4) is 0 Å². The number of esters is 1. The molecule has 0 aliphatic rings. The lowest BCUT2D eigenvalue weighted by molar-refractivity contribution is -0.142. The zero-order valence-corrected chi connectivity index (χ0v) is 7.85. The van der Waals surface area contributed by atoms with Crippen molar-refractivity contribution < 1.29 is 9.53 Å². The van der Waals surface area contributed by atoms with Gasteiger partial charge in [-0.2, -0.15) is 0 Å². The summed E-state index contributed by atoms with van der Waals surface area (Å²) < 4.78 is 4.52. The lowest BCUT2D eigenvalue weighted by Crippen LogP contribution is -2.21. The summed E-state index contributed by atoms with van der Waals surface area (Å²) in [6.07, 6.45) is 0. The molecule has 1 heterocycles. The maximum atomic E-state index is 11.0. The molecular weight excluding hydrogens is 174 g/mol. The number of methoxy groups -OCH3 is 1. The van der Waals surface area contributed by atoms with E-state index in [1.165, 1.54) is 7.11 Å². The highest BCUT2D eigenvalue weighted by atomic mass is 32.1. The van der Waals surface area contributed by atoms with E-state index in [1.807, 2.05) is 18.4 Å². The molecular formula is C8H11NO2S. The molecule has 66 valence electrons. The number of thiophene rings is 1. The van der Waals surface area contributed by atoms with Crippen molar-refractivity contribution in [3.8, 4) is 0 Å². The van der Waals surface area contributed by atoms with Crippen molar-refractivity contribution in [2.45, 2.75) is 13.0 Å². The average molecular weight is 185 g/mol. The third-order valence-electron chi connectivity index (χ3n) is 1.57. The van der Waals surface area contributed by atoms with Gasteiger partial charge in [0.25, 0.3) is 0 Å². The molecule has 0 aromatic carbocycles. The monoisotopic (exact) mass is 185 g/mol. The SMILES string of the molecule is COC(=O)C(N)c1csc(C)c1. The van der Waals surface area contributed by atoms with Gasteiger partial charge in [-0.1, -0.05) is 0 Å². The third kappa shape index (κ3) is 1.84. The highest BCUT2D eigenvalue weighted by Crippen LogP contribution is 2.19. The van der Waals surface area contributed by atoms with Crippen LogP contribution in [0.25, 0.3) is 0 Å². The molecule has 0 saturated carbocycles. The number of hydrogen-bond acceptors (Lipinski definition) is 4. The molecule has 0 amide bonds. The van der Waals surface area contributed by atoms with Gasteiger partial charge in [0, 0.05) is 4.88 Å². The van der Waals surface area contributed by atoms with E-state index in [0.717, 1.165) is 10.4 Å². The lowest BCUT2D eigenvalue weighted by Gasteiger charge is -2.05. The van der Waals surface area contributed by atoms with Gasteiger partial charge in [-0.25, -0.2) is 0 Å². The number of nitrogens with two attached hydrogens (primary N) is 1. The van der Waals surface area contributed by atoms with Crippen molar-refractivity contribution in [1.29, 1.82) is 0 Å². The van der Waals surface area contributed by atoms with Crippen LogP contribution in [0.2, 0.25) is 0 Å². The summed E-state index contributed by atoms with van der Waals surface area (Å²) in [6, 6.07) is 1.26. The van der Waals surface area contributed by atoms with E-state index in [1.54, 1.807) is 11.3 Å². The van der Waals surface area contributed by atoms with Crippen LogP contribution in [0.4, 0.5) is 0 Å². The summed E-state index contributed by atoms with van der Waals surface area (Å²) in [6.45, 7) is 1.97. The van der Waals surface area contributed by atoms with Crippen LogP contribution in [0.15, 0.2) is 11.4 Å². The van der Waals surface area contributed by atoms with Crippen LogP contribution in [-0.4, -0.2) is 13.1 Å². The van der Waals surface area contributed by atoms with E-state index in [-0.39, 0.29) is 0 Å². The summed E-state index contributed by atoms with van der Waals surface area (Å²) >= 11 is 1.57. The summed E-state index contributed by atoms with van der Waals surface area (Å²) in [7, 11) is 1.33. The first-order chi connectivity index (χ1) is 5.65. The molecule has 1 atom stereocenters. The molecule has 0 bridgehead atoms. The van der Waals surface area contributed by atoms with Gasteiger partial charge in [-0.15, -0.1) is 11.3 Å². The molecule has 4 heteroatoms. The maximum absolute atomic E-state index is 11.0. The number of carbonyl (C=O) groups is 1. The van der Waals surface area contributed by atoms with Crippen molar-refractivity contribution >= 4 is 17.3 Å². The minimum Gasteiger partial charge on any atom is -0.468 e. The maximum Gasteiger partial charge on any atom is 0.327 e. The fraction of sp³-hybridized carbons (Fsp3) is 0.375. The lowest BCUT2D eigenvalue weighted by atomic mass is 10.1. The van der Waals surface area contributed by atoms with Gasteiger partial charge in [0.2, 0.25) is 0 Å². The second-order valence-electron chi connectivity index (χ2n) is 2.49. The molecule has 1 unspecified atom stereocenters. The van der Waals surface area contributed by atoms with E-state index in [9.17, 15) is 4.79 Å². The highest BCUT2D eigenvalue weighted by molar-refractivity contribution is 7.10. The van der Waals surface area contributed by atoms with Gasteiger partial charge >= 0.3 is 5.97 Å². The van der Waals surface area contributed by atoms with E-state index in [4.69, 9.17) is 5.73 Å². The van der Waals surface area contributed by atoms with E-state index in [0.29, 0.717) is 0 Å². The van der Waals surface area contributed by atoms with Crippen molar-refractivity contribution in [2.24, 2.45) is 5.73 Å². The molecule has 0 fully saturated rings. The Balaban J connectivity index is 2.77. The van der Waals surface area contributed by atoms with Crippen LogP contribution in [0.5, 0.6) is 0 Å². The predicted molar refractivity (Wildman–Crippen MR) is 48.0 cm³/mol. The topological polar surface area (TPSA) is 52.3 Å². The van der Waals surface area contributed by atoms with Gasteiger partial charge in [-0.05, 0) is 23.9 Å². The summed E-state index contributed by atoms with van der Waals surface area (Å²) in [4.78, 5) is 12.1. The first-order valence-corrected chi connectivity index (χ1v) is 4.41. The van der Waals surface area contributed by atoms with Crippen LogP contribution < -0.4 is 5.73 Å². The molecule has 3 nitrogen and oxygen atoms in total. The minimum atomic E-state index is -0.639. The Labute approximate surface area is 75.1 Å². The molecule has 0 aliphatic heterocycles. The first-order valence-electron chi connectivity index (χ1n) is 3.53. The Bertz CT molecular complexity index is 282. The molecule has 1 rings (SSSR count). The Morgan fingerprint density at radius 3 is 2.83 bits per heavy atom. The zero-order chi connectivity index (χ0) is 9.14. The van der Waals surface area contributed by atoms with Gasteiger partial charge in [0.05, 0.1) is 7.11 Å². The van der Waals surface area contributed by atoms with E-state index < -0.39 is 12.0 Å². The molecule has 0 spiro atoms. The largest absolute Gasteiger partial charge is 0.468 e. The molecule has 2 N–H and O–H groups in total. The van der Waals surface area contributed by atoms with Gasteiger partial charge < -0.3 is 10.5 Å². The van der Waals surface area contributed by atoms with Crippen molar-refractivity contribution in [2.75, 3.05) is 7.11 Å². The highest BCUT2D eigenvalue weighted by Gasteiger charge is 2.16. The molecule has 0 saturated heterocycles. The molecule has 1 aromatic rings. The van der Waals surface area contributed by atoms with Crippen LogP contribution in [-0.2, 0) is 9.53 Å². The normalized spacial score (nSPS) is 12.6. The molecule has 0 radical (unpaired) electrons. The Kier molecular flexibility index (Phi) is 2.83. The second-order valence-corrected chi connectivity index (χ2v) is 3.61. The zero-order valence-electron chi connectivity index (χ0n) is 7.03. The molecule has 12 heavy (non-hydrogen) atoms. The van der Waals surface area contributed by atoms with Gasteiger partial charge in [0.15, 0.2) is 0 Å². The number of hydrogen-bond donors (Lipinski definition) is 1. The van der Waals surface area contributed by atoms with Crippen LogP contribution in [0, 0.1) is 6.92 Å². The number of rotatable bonds is 2. The van der Waals surface area contributed by atoms with Gasteiger partial charge in [0.1, 0.15) is 6.04 Å². The summed E-state index contributed by atoms with van der Waals surface area (Å²) in [5.74, 6) is -0.396.